The predicted molar refractivity (Wildman–Crippen MR) is 110 cm³/mol. The predicted octanol–water partition coefficient (Wildman–Crippen LogP) is 5.76. The van der Waals surface area contributed by atoms with Crippen molar-refractivity contribution < 1.29 is 14.3 Å². The lowest BCUT2D eigenvalue weighted by atomic mass is 10.2. The van der Waals surface area contributed by atoms with Gasteiger partial charge in [-0.2, -0.15) is 0 Å². The van der Waals surface area contributed by atoms with Crippen LogP contribution in [0.3, 0.4) is 0 Å². The molecular formula is C21H14Cl2N2O3. The maximum atomic E-state index is 12.5. The Hall–Kier alpha value is -3.02. The van der Waals surface area contributed by atoms with Gasteiger partial charge in [-0.1, -0.05) is 35.3 Å². The number of H-pyrrole nitrogens is 1. The van der Waals surface area contributed by atoms with Gasteiger partial charge in [0.25, 0.3) is 0 Å². The van der Waals surface area contributed by atoms with E-state index in [0.29, 0.717) is 16.6 Å². The van der Waals surface area contributed by atoms with Crippen LogP contribution in [0, 0.1) is 0 Å². The van der Waals surface area contributed by atoms with E-state index in [1.54, 1.807) is 24.3 Å². The van der Waals surface area contributed by atoms with E-state index in [0.717, 1.165) is 16.6 Å². The number of hydrogen-bond acceptors (Lipinski definition) is 4. The second-order valence-corrected chi connectivity index (χ2v) is 6.83. The summed E-state index contributed by atoms with van der Waals surface area (Å²) in [6.07, 6.45) is 0. The minimum atomic E-state index is -0.601. The highest BCUT2D eigenvalue weighted by atomic mass is 35.5. The number of methoxy groups -OCH3 is 1. The second kappa shape index (κ2) is 7.54. The van der Waals surface area contributed by atoms with E-state index >= 15 is 0 Å². The van der Waals surface area contributed by atoms with Gasteiger partial charge in [-0.25, -0.2) is 9.78 Å². The zero-order chi connectivity index (χ0) is 19.7. The van der Waals surface area contributed by atoms with Crippen molar-refractivity contribution in [2.24, 2.45) is 0 Å². The molecule has 140 valence electrons. The first-order valence-electron chi connectivity index (χ1n) is 8.35. The number of halogens is 2. The largest absolute Gasteiger partial charge is 0.493 e. The van der Waals surface area contributed by atoms with E-state index in [1.807, 2.05) is 24.3 Å². The number of aromatic amines is 1. The van der Waals surface area contributed by atoms with Gasteiger partial charge in [0.15, 0.2) is 11.5 Å². The minimum absolute atomic E-state index is 0.217. The minimum Gasteiger partial charge on any atom is -0.493 e. The van der Waals surface area contributed by atoms with E-state index in [9.17, 15) is 4.79 Å². The van der Waals surface area contributed by atoms with Crippen LogP contribution in [-0.2, 0) is 0 Å². The number of rotatable bonds is 4. The maximum absolute atomic E-state index is 12.5. The lowest BCUT2D eigenvalue weighted by Crippen LogP contribution is -2.10. The number of para-hydroxylation sites is 2. The highest BCUT2D eigenvalue weighted by Gasteiger charge is 2.17. The quantitative estimate of drug-likeness (QED) is 0.341. The number of benzene rings is 3. The molecule has 0 aliphatic carbocycles. The number of esters is 1. The Bertz CT molecular complexity index is 1150. The van der Waals surface area contributed by atoms with Gasteiger partial charge in [-0.3, -0.25) is 0 Å². The first-order valence-corrected chi connectivity index (χ1v) is 9.11. The number of hydrogen-bond donors (Lipinski definition) is 1. The van der Waals surface area contributed by atoms with Gasteiger partial charge in [0.05, 0.1) is 28.7 Å². The Morgan fingerprint density at radius 1 is 1.00 bits per heavy atom. The summed E-state index contributed by atoms with van der Waals surface area (Å²) < 4.78 is 10.9. The molecule has 0 saturated heterocycles. The standard InChI is InChI=1S/C21H14Cl2N2O3/c1-27-19-10-12(20-24-16-4-2-3-5-17(16)25-20)6-9-18(19)28-21(26)14-8-7-13(22)11-15(14)23/h2-11H,1H3,(H,24,25). The molecule has 7 heteroatoms. The summed E-state index contributed by atoms with van der Waals surface area (Å²) in [6, 6.07) is 17.5. The summed E-state index contributed by atoms with van der Waals surface area (Å²) in [5, 5.41) is 0.657. The molecule has 4 aromatic rings. The van der Waals surface area contributed by atoms with Crippen LogP contribution in [0.4, 0.5) is 0 Å². The zero-order valence-corrected chi connectivity index (χ0v) is 16.2. The molecule has 3 aromatic carbocycles. The fraction of sp³-hybridized carbons (Fsp3) is 0.0476. The first-order chi connectivity index (χ1) is 13.5. The number of aromatic nitrogens is 2. The number of imidazole rings is 1. The number of fused-ring (bicyclic) bond motifs is 1. The Morgan fingerprint density at radius 2 is 1.82 bits per heavy atom. The van der Waals surface area contributed by atoms with Gasteiger partial charge >= 0.3 is 5.97 Å². The fourth-order valence-corrected chi connectivity index (χ4v) is 3.28. The van der Waals surface area contributed by atoms with Crippen molar-refractivity contribution in [2.45, 2.75) is 0 Å². The lowest BCUT2D eigenvalue weighted by Gasteiger charge is -2.11. The smallest absolute Gasteiger partial charge is 0.345 e. The molecule has 0 fully saturated rings. The second-order valence-electron chi connectivity index (χ2n) is 5.98. The van der Waals surface area contributed by atoms with Crippen molar-refractivity contribution in [3.8, 4) is 22.9 Å². The summed E-state index contributed by atoms with van der Waals surface area (Å²) in [4.78, 5) is 20.3. The lowest BCUT2D eigenvalue weighted by molar-refractivity contribution is 0.0730. The molecule has 0 bridgehead atoms. The van der Waals surface area contributed by atoms with E-state index in [4.69, 9.17) is 32.7 Å². The van der Waals surface area contributed by atoms with Crippen molar-refractivity contribution in [1.82, 2.24) is 9.97 Å². The van der Waals surface area contributed by atoms with Crippen LogP contribution in [0.2, 0.25) is 10.0 Å². The van der Waals surface area contributed by atoms with Gasteiger partial charge in [-0.15, -0.1) is 0 Å². The molecule has 0 amide bonds. The van der Waals surface area contributed by atoms with Gasteiger partial charge in [-0.05, 0) is 48.5 Å². The van der Waals surface area contributed by atoms with Crippen LogP contribution in [0.25, 0.3) is 22.4 Å². The van der Waals surface area contributed by atoms with Crippen molar-refractivity contribution in [1.29, 1.82) is 0 Å². The topological polar surface area (TPSA) is 64.2 Å². The van der Waals surface area contributed by atoms with Gasteiger partial charge in [0.2, 0.25) is 0 Å². The molecule has 0 unspecified atom stereocenters. The number of carbonyl (C=O) groups excluding carboxylic acids is 1. The first kappa shape index (κ1) is 18.3. The molecule has 1 heterocycles. The third-order valence-electron chi connectivity index (χ3n) is 4.18. The number of nitrogens with zero attached hydrogens (tertiary/aromatic N) is 1. The van der Waals surface area contributed by atoms with Crippen LogP contribution < -0.4 is 9.47 Å². The van der Waals surface area contributed by atoms with Gasteiger partial charge in [0.1, 0.15) is 5.82 Å². The molecule has 0 aliphatic rings. The molecule has 0 saturated carbocycles. The third kappa shape index (κ3) is 3.54. The normalized spacial score (nSPS) is 10.8. The summed E-state index contributed by atoms with van der Waals surface area (Å²) in [5.74, 6) is 0.768. The number of ether oxygens (including phenoxy) is 2. The number of nitrogens with one attached hydrogen (secondary N) is 1. The van der Waals surface area contributed by atoms with Crippen LogP contribution in [0.1, 0.15) is 10.4 Å². The Morgan fingerprint density at radius 3 is 2.57 bits per heavy atom. The molecule has 1 aromatic heterocycles. The van der Waals surface area contributed by atoms with Crippen LogP contribution in [0.15, 0.2) is 60.7 Å². The van der Waals surface area contributed by atoms with Crippen molar-refractivity contribution in [3.63, 3.8) is 0 Å². The monoisotopic (exact) mass is 412 g/mol. The average molecular weight is 413 g/mol. The van der Waals surface area contributed by atoms with Crippen LogP contribution in [-0.4, -0.2) is 23.0 Å². The molecule has 0 aliphatic heterocycles. The summed E-state index contributed by atoms with van der Waals surface area (Å²) in [7, 11) is 1.50. The zero-order valence-electron chi connectivity index (χ0n) is 14.7. The van der Waals surface area contributed by atoms with Crippen LogP contribution >= 0.6 is 23.2 Å². The molecule has 5 nitrogen and oxygen atoms in total. The summed E-state index contributed by atoms with van der Waals surface area (Å²) in [6.45, 7) is 0. The van der Waals surface area contributed by atoms with Crippen LogP contribution in [0.5, 0.6) is 11.5 Å². The molecule has 0 atom stereocenters. The molecule has 1 N–H and O–H groups in total. The Kier molecular flexibility index (Phi) is 4.94. The molecule has 0 spiro atoms. The Balaban J connectivity index is 1.64. The van der Waals surface area contributed by atoms with E-state index < -0.39 is 5.97 Å². The maximum Gasteiger partial charge on any atom is 0.345 e. The van der Waals surface area contributed by atoms with E-state index in [1.165, 1.54) is 19.2 Å². The Labute approximate surface area is 170 Å². The number of carbonyl (C=O) groups is 1. The molecule has 0 radical (unpaired) electrons. The SMILES string of the molecule is COc1cc(-c2nc3ccccc3[nH]2)ccc1OC(=O)c1ccc(Cl)cc1Cl. The van der Waals surface area contributed by atoms with Gasteiger partial charge < -0.3 is 14.5 Å². The van der Waals surface area contributed by atoms with E-state index in [2.05, 4.69) is 9.97 Å². The summed E-state index contributed by atoms with van der Waals surface area (Å²) in [5.41, 5.74) is 2.82. The van der Waals surface area contributed by atoms with E-state index in [-0.39, 0.29) is 16.3 Å². The highest BCUT2D eigenvalue weighted by Crippen LogP contribution is 2.33. The van der Waals surface area contributed by atoms with Gasteiger partial charge in [0, 0.05) is 10.6 Å². The molecule has 28 heavy (non-hydrogen) atoms. The highest BCUT2D eigenvalue weighted by molar-refractivity contribution is 6.36. The summed E-state index contributed by atoms with van der Waals surface area (Å²) >= 11 is 11.9. The fourth-order valence-electron chi connectivity index (χ4n) is 2.80. The van der Waals surface area contributed by atoms with Crippen molar-refractivity contribution in [2.75, 3.05) is 7.11 Å². The van der Waals surface area contributed by atoms with Crippen molar-refractivity contribution >= 4 is 40.2 Å². The molecule has 4 rings (SSSR count). The third-order valence-corrected chi connectivity index (χ3v) is 4.73. The molecular weight excluding hydrogens is 399 g/mol. The average Bonchev–Trinajstić information content (AvgIpc) is 3.12. The van der Waals surface area contributed by atoms with Crippen molar-refractivity contribution in [3.05, 3.63) is 76.3 Å².